The van der Waals surface area contributed by atoms with Crippen molar-refractivity contribution >= 4 is 28.4 Å². The Balaban J connectivity index is 1.88. The third-order valence-corrected chi connectivity index (χ3v) is 7.62. The minimum absolute atomic E-state index is 0.145. The van der Waals surface area contributed by atoms with E-state index in [4.69, 9.17) is 14.2 Å². The number of carbonyl (C=O) groups is 2. The van der Waals surface area contributed by atoms with E-state index in [2.05, 4.69) is 6.58 Å². The number of benzene rings is 1. The molecule has 0 spiro atoms. The predicted molar refractivity (Wildman–Crippen MR) is 111 cm³/mol. The summed E-state index contributed by atoms with van der Waals surface area (Å²) in [4.78, 5) is 28.9. The molecule has 4 bridgehead atoms. The van der Waals surface area contributed by atoms with Gasteiger partial charge < -0.3 is 23.7 Å². The van der Waals surface area contributed by atoms with Crippen LogP contribution in [0.1, 0.15) is 24.1 Å². The van der Waals surface area contributed by atoms with Crippen molar-refractivity contribution in [2.45, 2.75) is 30.1 Å². The number of hydrogen-bond acceptors (Lipinski definition) is 5. The van der Waals surface area contributed by atoms with Crippen molar-refractivity contribution in [2.24, 2.45) is 13.0 Å². The Bertz CT molecular complexity index is 1100. The van der Waals surface area contributed by atoms with Gasteiger partial charge in [0.05, 0.1) is 13.2 Å². The number of ether oxygens (including phenoxy) is 3. The molecule has 1 unspecified atom stereocenters. The van der Waals surface area contributed by atoms with E-state index in [0.717, 1.165) is 22.2 Å². The predicted octanol–water partition coefficient (Wildman–Crippen LogP) is 2.23. The number of aryl methyl sites for hydroxylation is 1. The van der Waals surface area contributed by atoms with Crippen LogP contribution in [-0.2, 0) is 36.3 Å². The molecule has 1 amide bonds. The zero-order chi connectivity index (χ0) is 21.4. The first-order valence-electron chi connectivity index (χ1n) is 10.1. The first-order valence-corrected chi connectivity index (χ1v) is 10.1. The summed E-state index contributed by atoms with van der Waals surface area (Å²) in [6.45, 7) is 4.63. The number of methoxy groups -OCH3 is 3. The maximum Gasteiger partial charge on any atom is 0.319 e. The highest BCUT2D eigenvalue weighted by atomic mass is 16.7. The molecule has 1 aromatic heterocycles. The summed E-state index contributed by atoms with van der Waals surface area (Å²) in [5.74, 6) is -1.50. The summed E-state index contributed by atoms with van der Waals surface area (Å²) >= 11 is 0. The fourth-order valence-electron chi connectivity index (χ4n) is 6.30. The Morgan fingerprint density at radius 1 is 1.17 bits per heavy atom. The molecule has 2 aromatic rings. The largest absolute Gasteiger partial charge is 0.468 e. The van der Waals surface area contributed by atoms with Crippen molar-refractivity contribution in [3.63, 3.8) is 0 Å². The van der Waals surface area contributed by atoms with E-state index < -0.39 is 17.2 Å². The highest BCUT2D eigenvalue weighted by molar-refractivity contribution is 6.24. The summed E-state index contributed by atoms with van der Waals surface area (Å²) in [5, 5.41) is 0.922. The smallest absolute Gasteiger partial charge is 0.319 e. The number of piperidine rings is 2. The van der Waals surface area contributed by atoms with Crippen molar-refractivity contribution in [3.8, 4) is 0 Å². The first kappa shape index (κ1) is 19.3. The van der Waals surface area contributed by atoms with Crippen LogP contribution in [0.15, 0.2) is 30.8 Å². The van der Waals surface area contributed by atoms with Gasteiger partial charge in [0.1, 0.15) is 5.41 Å². The molecule has 1 aromatic carbocycles. The molecule has 4 aliphatic rings. The number of carbonyl (C=O) groups excluding carboxylic acids is 2. The lowest BCUT2D eigenvalue weighted by atomic mass is 9.58. The second kappa shape index (κ2) is 6.18. The van der Waals surface area contributed by atoms with Crippen molar-refractivity contribution in [1.82, 2.24) is 9.47 Å². The summed E-state index contributed by atoms with van der Waals surface area (Å²) in [6.07, 6.45) is 0.861. The average Bonchev–Trinajstić information content (AvgIpc) is 3.07. The van der Waals surface area contributed by atoms with Crippen LogP contribution in [0.2, 0.25) is 0 Å². The minimum Gasteiger partial charge on any atom is -0.468 e. The number of para-hydroxylation sites is 1. The molecule has 1 saturated carbocycles. The van der Waals surface area contributed by atoms with Gasteiger partial charge in [-0.3, -0.25) is 9.59 Å². The van der Waals surface area contributed by atoms with E-state index in [9.17, 15) is 9.59 Å². The lowest BCUT2D eigenvalue weighted by molar-refractivity contribution is -0.293. The van der Waals surface area contributed by atoms with Gasteiger partial charge in [0.15, 0.2) is 5.79 Å². The molecule has 7 heteroatoms. The van der Waals surface area contributed by atoms with E-state index in [1.165, 1.54) is 7.11 Å². The molecule has 1 aliphatic carbocycles. The maximum atomic E-state index is 13.6. The second-order valence-electron chi connectivity index (χ2n) is 8.54. The number of hydrogen-bond donors (Lipinski definition) is 0. The van der Waals surface area contributed by atoms with Crippen LogP contribution in [-0.4, -0.2) is 61.0 Å². The average molecular weight is 410 g/mol. The van der Waals surface area contributed by atoms with Crippen LogP contribution in [0.25, 0.3) is 16.5 Å². The van der Waals surface area contributed by atoms with Crippen molar-refractivity contribution in [2.75, 3.05) is 27.9 Å². The molecule has 0 N–H and O–H groups in total. The van der Waals surface area contributed by atoms with Gasteiger partial charge in [-0.15, -0.1) is 0 Å². The number of aromatic nitrogens is 1. The van der Waals surface area contributed by atoms with Crippen LogP contribution in [0.4, 0.5) is 0 Å². The lowest BCUT2D eigenvalue weighted by Gasteiger charge is -2.60. The van der Waals surface area contributed by atoms with E-state index in [1.807, 2.05) is 35.9 Å². The third-order valence-electron chi connectivity index (χ3n) is 7.62. The molecule has 6 rings (SSSR count). The highest BCUT2D eigenvalue weighted by Crippen LogP contribution is 2.58. The fraction of sp³-hybridized carbons (Fsp3) is 0.478. The topological polar surface area (TPSA) is 70.0 Å². The van der Waals surface area contributed by atoms with Crippen LogP contribution >= 0.6 is 0 Å². The van der Waals surface area contributed by atoms with Gasteiger partial charge in [-0.2, -0.15) is 0 Å². The van der Waals surface area contributed by atoms with Gasteiger partial charge >= 0.3 is 5.97 Å². The number of fused-ring (bicyclic) bond motifs is 4. The second-order valence-corrected chi connectivity index (χ2v) is 8.54. The zero-order valence-electron chi connectivity index (χ0n) is 17.7. The number of esters is 1. The van der Waals surface area contributed by atoms with Crippen molar-refractivity contribution < 1.29 is 23.8 Å². The highest BCUT2D eigenvalue weighted by Gasteiger charge is 2.69. The molecule has 158 valence electrons. The van der Waals surface area contributed by atoms with Crippen molar-refractivity contribution in [1.29, 1.82) is 0 Å². The molecular weight excluding hydrogens is 384 g/mol. The van der Waals surface area contributed by atoms with Crippen LogP contribution < -0.4 is 0 Å². The Labute approximate surface area is 175 Å². The molecule has 3 aliphatic heterocycles. The molecule has 3 atom stereocenters. The van der Waals surface area contributed by atoms with Gasteiger partial charge in [-0.1, -0.05) is 24.8 Å². The third kappa shape index (κ3) is 2.02. The molecule has 0 radical (unpaired) electrons. The Morgan fingerprint density at radius 3 is 2.50 bits per heavy atom. The Morgan fingerprint density at radius 2 is 1.87 bits per heavy atom. The number of rotatable bonds is 3. The number of nitrogens with zero attached hydrogens (tertiary/aromatic N) is 2. The van der Waals surface area contributed by atoms with E-state index in [-0.39, 0.29) is 17.8 Å². The monoisotopic (exact) mass is 410 g/mol. The van der Waals surface area contributed by atoms with Gasteiger partial charge in [-0.25, -0.2) is 0 Å². The molecule has 4 heterocycles. The van der Waals surface area contributed by atoms with Gasteiger partial charge in [0.25, 0.3) is 5.91 Å². The Hall–Kier alpha value is -2.64. The SMILES string of the molecule is C=C1C(=O)N2C[C@@H]3C[C@@](C(=O)OC)(c4c1c1ccccc1n4C)C2CC3(OC)OC. The molecule has 2 saturated heterocycles. The summed E-state index contributed by atoms with van der Waals surface area (Å²) in [5.41, 5.74) is 1.90. The van der Waals surface area contributed by atoms with Crippen LogP contribution in [0, 0.1) is 5.92 Å². The van der Waals surface area contributed by atoms with Crippen LogP contribution in [0.5, 0.6) is 0 Å². The quantitative estimate of drug-likeness (QED) is 0.441. The fourth-order valence-corrected chi connectivity index (χ4v) is 6.30. The van der Waals surface area contributed by atoms with Crippen molar-refractivity contribution in [3.05, 3.63) is 42.1 Å². The van der Waals surface area contributed by atoms with E-state index >= 15 is 0 Å². The number of amides is 1. The normalized spacial score (nSPS) is 29.1. The molecular formula is C23H26N2O5. The van der Waals surface area contributed by atoms with Gasteiger partial charge in [0.2, 0.25) is 0 Å². The molecule has 3 fully saturated rings. The summed E-state index contributed by atoms with van der Waals surface area (Å²) < 4.78 is 19.1. The summed E-state index contributed by atoms with van der Waals surface area (Å²) in [6, 6.07) is 7.42. The van der Waals surface area contributed by atoms with Gasteiger partial charge in [-0.05, 0) is 12.5 Å². The van der Waals surface area contributed by atoms with E-state index in [1.54, 1.807) is 19.1 Å². The molecule has 30 heavy (non-hydrogen) atoms. The molecule has 7 nitrogen and oxygen atoms in total. The van der Waals surface area contributed by atoms with E-state index in [0.29, 0.717) is 25.0 Å². The van der Waals surface area contributed by atoms with Crippen LogP contribution in [0.3, 0.4) is 0 Å². The Kier molecular flexibility index (Phi) is 3.98. The lowest BCUT2D eigenvalue weighted by Crippen LogP contribution is -2.72. The zero-order valence-corrected chi connectivity index (χ0v) is 17.7. The maximum absolute atomic E-state index is 13.6. The first-order chi connectivity index (χ1) is 14.4. The standard InChI is InChI=1S/C23H26N2O5/c1-13-18-15-8-6-7-9-16(15)24(2)19(18)22(21(27)28-3)10-14-12-25(20(13)26)17(22)11-23(14,29-4)30-5/h6-9,14,17H,1,10-12H2,2-5H3/t14-,17?,22-/m0/s1. The van der Waals surface area contributed by atoms with Gasteiger partial charge in [0, 0.05) is 67.9 Å². The minimum atomic E-state index is -1.02. The summed E-state index contributed by atoms with van der Waals surface area (Å²) in [7, 11) is 6.60.